The van der Waals surface area contributed by atoms with Crippen molar-refractivity contribution in [3.8, 4) is 0 Å². The van der Waals surface area contributed by atoms with Gasteiger partial charge in [0, 0.05) is 19.2 Å². The smallest absolute Gasteiger partial charge is 0.0581 e. The second kappa shape index (κ2) is 4.19. The van der Waals surface area contributed by atoms with E-state index < -0.39 is 0 Å². The molecule has 1 aliphatic heterocycles. The molecule has 1 aliphatic carbocycles. The second-order valence-electron chi connectivity index (χ2n) is 5.66. The van der Waals surface area contributed by atoms with Crippen molar-refractivity contribution in [2.45, 2.75) is 58.1 Å². The molecule has 1 unspecified atom stereocenters. The molecule has 2 heteroatoms. The van der Waals surface area contributed by atoms with Crippen LogP contribution in [-0.2, 0) is 4.74 Å². The van der Waals surface area contributed by atoms with Gasteiger partial charge in [0.05, 0.1) is 6.10 Å². The maximum absolute atomic E-state index is 5.68. The Labute approximate surface area is 87.4 Å². The zero-order valence-electron chi connectivity index (χ0n) is 9.51. The minimum atomic E-state index is 0.400. The zero-order chi connectivity index (χ0) is 10.0. The first-order valence-corrected chi connectivity index (χ1v) is 6.01. The lowest BCUT2D eigenvalue weighted by molar-refractivity contribution is 0.0711. The van der Waals surface area contributed by atoms with Crippen molar-refractivity contribution in [3.63, 3.8) is 0 Å². The number of ether oxygens (including phenoxy) is 1. The molecule has 0 aromatic carbocycles. The molecule has 1 heterocycles. The molecule has 0 aromatic heterocycles. The van der Waals surface area contributed by atoms with Crippen LogP contribution in [0.5, 0.6) is 0 Å². The summed E-state index contributed by atoms with van der Waals surface area (Å²) < 4.78 is 5.68. The van der Waals surface area contributed by atoms with Gasteiger partial charge in [0.1, 0.15) is 0 Å². The summed E-state index contributed by atoms with van der Waals surface area (Å²) in [6.45, 7) is 6.84. The predicted molar refractivity (Wildman–Crippen MR) is 58.4 cm³/mol. The molecule has 2 rings (SSSR count). The van der Waals surface area contributed by atoms with Crippen LogP contribution in [0.25, 0.3) is 0 Å². The maximum atomic E-state index is 5.68. The lowest BCUT2D eigenvalue weighted by atomic mass is 9.86. The Kier molecular flexibility index (Phi) is 3.13. The maximum Gasteiger partial charge on any atom is 0.0581 e. The van der Waals surface area contributed by atoms with Gasteiger partial charge in [-0.05, 0) is 37.5 Å². The van der Waals surface area contributed by atoms with Crippen molar-refractivity contribution in [1.82, 2.24) is 5.32 Å². The van der Waals surface area contributed by atoms with Crippen molar-refractivity contribution < 1.29 is 4.74 Å². The van der Waals surface area contributed by atoms with Crippen LogP contribution in [0.1, 0.15) is 46.0 Å². The van der Waals surface area contributed by atoms with E-state index in [-0.39, 0.29) is 0 Å². The van der Waals surface area contributed by atoms with Gasteiger partial charge in [-0.25, -0.2) is 0 Å². The molecule has 2 aliphatic rings. The van der Waals surface area contributed by atoms with Gasteiger partial charge < -0.3 is 10.1 Å². The Morgan fingerprint density at radius 2 is 2.07 bits per heavy atom. The SMILES string of the molecule is CC(C)(CNC1CC1)CC1CCCO1. The molecule has 1 saturated heterocycles. The Balaban J connectivity index is 1.69. The topological polar surface area (TPSA) is 21.3 Å². The third kappa shape index (κ3) is 3.25. The molecule has 14 heavy (non-hydrogen) atoms. The zero-order valence-corrected chi connectivity index (χ0v) is 9.51. The first kappa shape index (κ1) is 10.4. The molecule has 0 bridgehead atoms. The summed E-state index contributed by atoms with van der Waals surface area (Å²) in [7, 11) is 0. The molecule has 1 saturated carbocycles. The standard InChI is InChI=1S/C12H23NO/c1-12(2,9-13-10-5-6-10)8-11-4-3-7-14-11/h10-11,13H,3-9H2,1-2H3. The molecule has 0 aromatic rings. The van der Waals surface area contributed by atoms with E-state index in [1.54, 1.807) is 0 Å². The molecular weight excluding hydrogens is 174 g/mol. The molecule has 1 N–H and O–H groups in total. The third-order valence-electron chi connectivity index (χ3n) is 3.25. The van der Waals surface area contributed by atoms with Gasteiger partial charge in [0.15, 0.2) is 0 Å². The van der Waals surface area contributed by atoms with Crippen molar-refractivity contribution in [2.24, 2.45) is 5.41 Å². The second-order valence-corrected chi connectivity index (χ2v) is 5.66. The predicted octanol–water partition coefficient (Wildman–Crippen LogP) is 2.33. The van der Waals surface area contributed by atoms with Gasteiger partial charge in [-0.15, -0.1) is 0 Å². The van der Waals surface area contributed by atoms with Gasteiger partial charge in [-0.2, -0.15) is 0 Å². The number of rotatable bonds is 5. The van der Waals surface area contributed by atoms with Gasteiger partial charge in [0.25, 0.3) is 0 Å². The van der Waals surface area contributed by atoms with Crippen molar-refractivity contribution in [1.29, 1.82) is 0 Å². The van der Waals surface area contributed by atoms with E-state index in [1.807, 2.05) is 0 Å². The summed E-state index contributed by atoms with van der Waals surface area (Å²) >= 11 is 0. The average molecular weight is 197 g/mol. The van der Waals surface area contributed by atoms with Crippen molar-refractivity contribution in [3.05, 3.63) is 0 Å². The summed E-state index contributed by atoms with van der Waals surface area (Å²) in [4.78, 5) is 0. The highest BCUT2D eigenvalue weighted by atomic mass is 16.5. The summed E-state index contributed by atoms with van der Waals surface area (Å²) in [5.41, 5.74) is 0.400. The summed E-state index contributed by atoms with van der Waals surface area (Å²) in [6.07, 6.45) is 7.05. The quantitative estimate of drug-likeness (QED) is 0.730. The highest BCUT2D eigenvalue weighted by Gasteiger charge is 2.28. The highest BCUT2D eigenvalue weighted by molar-refractivity contribution is 4.85. The van der Waals surface area contributed by atoms with E-state index in [4.69, 9.17) is 4.74 Å². The monoisotopic (exact) mass is 197 g/mol. The Morgan fingerprint density at radius 3 is 2.64 bits per heavy atom. The highest BCUT2D eigenvalue weighted by Crippen LogP contribution is 2.29. The van der Waals surface area contributed by atoms with Crippen LogP contribution in [-0.4, -0.2) is 25.3 Å². The summed E-state index contributed by atoms with van der Waals surface area (Å²) in [5, 5.41) is 3.62. The van der Waals surface area contributed by atoms with Crippen LogP contribution < -0.4 is 5.32 Å². The Morgan fingerprint density at radius 1 is 1.29 bits per heavy atom. The van der Waals surface area contributed by atoms with Crippen molar-refractivity contribution >= 4 is 0 Å². The lowest BCUT2D eigenvalue weighted by Gasteiger charge is -2.27. The molecule has 0 spiro atoms. The first-order chi connectivity index (χ1) is 6.66. The minimum Gasteiger partial charge on any atom is -0.378 e. The molecule has 0 radical (unpaired) electrons. The molecule has 1 atom stereocenters. The van der Waals surface area contributed by atoms with Crippen LogP contribution in [0, 0.1) is 5.41 Å². The summed E-state index contributed by atoms with van der Waals surface area (Å²) in [6, 6.07) is 0.832. The van der Waals surface area contributed by atoms with Crippen LogP contribution in [0.2, 0.25) is 0 Å². The number of nitrogens with one attached hydrogen (secondary N) is 1. The molecule has 2 nitrogen and oxygen atoms in total. The fourth-order valence-corrected chi connectivity index (χ4v) is 2.20. The molecule has 2 fully saturated rings. The average Bonchev–Trinajstić information content (AvgIpc) is 2.82. The molecule has 82 valence electrons. The summed E-state index contributed by atoms with van der Waals surface area (Å²) in [5.74, 6) is 0. The van der Waals surface area contributed by atoms with E-state index in [0.29, 0.717) is 11.5 Å². The van der Waals surface area contributed by atoms with E-state index in [2.05, 4.69) is 19.2 Å². The van der Waals surface area contributed by atoms with Gasteiger partial charge in [-0.1, -0.05) is 13.8 Å². The van der Waals surface area contributed by atoms with Crippen LogP contribution in [0.15, 0.2) is 0 Å². The first-order valence-electron chi connectivity index (χ1n) is 6.01. The molecular formula is C12H23NO. The fourth-order valence-electron chi connectivity index (χ4n) is 2.20. The van der Waals surface area contributed by atoms with E-state index in [0.717, 1.165) is 19.2 Å². The van der Waals surface area contributed by atoms with Crippen LogP contribution >= 0.6 is 0 Å². The number of hydrogen-bond acceptors (Lipinski definition) is 2. The molecule has 0 amide bonds. The fraction of sp³-hybridized carbons (Fsp3) is 1.00. The lowest BCUT2D eigenvalue weighted by Crippen LogP contribution is -2.33. The number of hydrogen-bond donors (Lipinski definition) is 1. The van der Waals surface area contributed by atoms with E-state index in [9.17, 15) is 0 Å². The van der Waals surface area contributed by atoms with E-state index in [1.165, 1.54) is 32.1 Å². The van der Waals surface area contributed by atoms with Gasteiger partial charge in [-0.3, -0.25) is 0 Å². The van der Waals surface area contributed by atoms with Crippen LogP contribution in [0.3, 0.4) is 0 Å². The Hall–Kier alpha value is -0.0800. The third-order valence-corrected chi connectivity index (χ3v) is 3.25. The van der Waals surface area contributed by atoms with Gasteiger partial charge in [0.2, 0.25) is 0 Å². The van der Waals surface area contributed by atoms with E-state index >= 15 is 0 Å². The van der Waals surface area contributed by atoms with Crippen LogP contribution in [0.4, 0.5) is 0 Å². The van der Waals surface area contributed by atoms with Crippen molar-refractivity contribution in [2.75, 3.05) is 13.2 Å². The van der Waals surface area contributed by atoms with Gasteiger partial charge >= 0.3 is 0 Å². The Bertz CT molecular complexity index is 181. The normalized spacial score (nSPS) is 28.3. The minimum absolute atomic E-state index is 0.400. The largest absolute Gasteiger partial charge is 0.378 e.